The summed E-state index contributed by atoms with van der Waals surface area (Å²) < 4.78 is 18.0. The summed E-state index contributed by atoms with van der Waals surface area (Å²) in [6, 6.07) is 10.5. The van der Waals surface area contributed by atoms with E-state index in [2.05, 4.69) is 22.1 Å². The largest absolute Gasteiger partial charge is 0.445 e. The van der Waals surface area contributed by atoms with E-state index in [1.807, 2.05) is 30.3 Å². The van der Waals surface area contributed by atoms with E-state index in [1.54, 1.807) is 0 Å². The number of amides is 1. The minimum absolute atomic E-state index is 0.0560. The van der Waals surface area contributed by atoms with Crippen LogP contribution in [0.3, 0.4) is 0 Å². The number of ether oxygens (including phenoxy) is 1. The number of pyridine rings is 1. The van der Waals surface area contributed by atoms with Crippen LogP contribution < -0.4 is 5.32 Å². The lowest BCUT2D eigenvalue weighted by atomic mass is 10.2. The Morgan fingerprint density at radius 2 is 2.14 bits per heavy atom. The monoisotopic (exact) mass is 318 g/mol. The van der Waals surface area contributed by atoms with Gasteiger partial charge in [-0.25, -0.2) is 14.2 Å². The maximum absolute atomic E-state index is 13.0. The molecular weight excluding hydrogens is 307 g/mol. The molecule has 1 aromatic heterocycles. The van der Waals surface area contributed by atoms with Crippen molar-refractivity contribution in [3.05, 3.63) is 64.7 Å². The highest BCUT2D eigenvalue weighted by Gasteiger charge is 2.01. The predicted octanol–water partition coefficient (Wildman–Crippen LogP) is 3.15. The van der Waals surface area contributed by atoms with Gasteiger partial charge in [0.1, 0.15) is 17.6 Å². The van der Waals surface area contributed by atoms with E-state index in [0.29, 0.717) is 0 Å². The Bertz CT molecular complexity index is 711. The molecule has 1 heterocycles. The Labute approximate surface area is 132 Å². The fourth-order valence-corrected chi connectivity index (χ4v) is 1.69. The lowest BCUT2D eigenvalue weighted by Gasteiger charge is -2.04. The van der Waals surface area contributed by atoms with E-state index in [4.69, 9.17) is 16.3 Å². The first-order valence-electron chi connectivity index (χ1n) is 6.39. The third kappa shape index (κ3) is 5.08. The smallest absolute Gasteiger partial charge is 0.408 e. The zero-order valence-corrected chi connectivity index (χ0v) is 12.2. The number of nitrogens with zero attached hydrogens (tertiary/aromatic N) is 1. The number of alkyl carbamates (subject to hydrolysis) is 1. The lowest BCUT2D eigenvalue weighted by Crippen LogP contribution is -2.24. The molecule has 0 aliphatic heterocycles. The lowest BCUT2D eigenvalue weighted by molar-refractivity contribution is 0.141. The summed E-state index contributed by atoms with van der Waals surface area (Å²) in [6.45, 7) is 0.236. The van der Waals surface area contributed by atoms with Gasteiger partial charge in [0, 0.05) is 0 Å². The fraction of sp³-hybridized carbons (Fsp3) is 0.125. The number of nitrogens with one attached hydrogen (secondary N) is 1. The standard InChI is InChI=1S/C16H12ClFN2O2/c17-15-13(9-14(18)10-20-15)7-4-8-19-16(21)22-11-12-5-2-1-3-6-12/h1-3,5-6,9-10H,8,11H2,(H,19,21). The molecule has 0 spiro atoms. The van der Waals surface area contributed by atoms with Gasteiger partial charge in [-0.3, -0.25) is 0 Å². The summed E-state index contributed by atoms with van der Waals surface area (Å²) in [5.74, 6) is 4.75. The summed E-state index contributed by atoms with van der Waals surface area (Å²) in [4.78, 5) is 15.1. The van der Waals surface area contributed by atoms with Crippen LogP contribution in [0.1, 0.15) is 11.1 Å². The molecule has 22 heavy (non-hydrogen) atoms. The highest BCUT2D eigenvalue weighted by Crippen LogP contribution is 2.11. The molecule has 0 saturated heterocycles. The molecule has 0 fully saturated rings. The number of hydrogen-bond donors (Lipinski definition) is 1. The average molecular weight is 319 g/mol. The van der Waals surface area contributed by atoms with Gasteiger partial charge in [0.15, 0.2) is 0 Å². The van der Waals surface area contributed by atoms with Gasteiger partial charge in [0.05, 0.1) is 18.3 Å². The maximum Gasteiger partial charge on any atom is 0.408 e. The molecule has 2 rings (SSSR count). The van der Waals surface area contributed by atoms with Gasteiger partial charge in [-0.1, -0.05) is 53.8 Å². The summed E-state index contributed by atoms with van der Waals surface area (Å²) in [5.41, 5.74) is 1.16. The molecule has 1 N–H and O–H groups in total. The topological polar surface area (TPSA) is 51.2 Å². The van der Waals surface area contributed by atoms with Gasteiger partial charge in [0.2, 0.25) is 0 Å². The van der Waals surface area contributed by atoms with Gasteiger partial charge in [-0.15, -0.1) is 0 Å². The number of carbonyl (C=O) groups excluding carboxylic acids is 1. The van der Waals surface area contributed by atoms with Gasteiger partial charge in [-0.2, -0.15) is 0 Å². The number of benzene rings is 1. The van der Waals surface area contributed by atoms with Gasteiger partial charge in [0.25, 0.3) is 0 Å². The number of rotatable bonds is 3. The highest BCUT2D eigenvalue weighted by atomic mass is 35.5. The van der Waals surface area contributed by atoms with Crippen LogP contribution in [-0.2, 0) is 11.3 Å². The molecule has 1 amide bonds. The van der Waals surface area contributed by atoms with Crippen molar-refractivity contribution in [2.24, 2.45) is 0 Å². The SMILES string of the molecule is O=C(NCC#Cc1cc(F)cnc1Cl)OCc1ccccc1. The molecule has 0 saturated carbocycles. The normalized spacial score (nSPS) is 9.55. The molecule has 112 valence electrons. The summed E-state index contributed by atoms with van der Waals surface area (Å²) in [7, 11) is 0. The second-order valence-corrected chi connectivity index (χ2v) is 4.57. The van der Waals surface area contributed by atoms with Crippen LogP contribution >= 0.6 is 11.6 Å². The Balaban J connectivity index is 1.78. The van der Waals surface area contributed by atoms with Crippen LogP contribution in [-0.4, -0.2) is 17.6 Å². The van der Waals surface area contributed by atoms with E-state index in [0.717, 1.165) is 11.8 Å². The van der Waals surface area contributed by atoms with E-state index in [1.165, 1.54) is 6.07 Å². The van der Waals surface area contributed by atoms with Crippen LogP contribution in [0.25, 0.3) is 0 Å². The average Bonchev–Trinajstić information content (AvgIpc) is 2.53. The van der Waals surface area contributed by atoms with Gasteiger partial charge >= 0.3 is 6.09 Å². The molecular formula is C16H12ClFN2O2. The van der Waals surface area contributed by atoms with Crippen molar-refractivity contribution >= 4 is 17.7 Å². The zero-order valence-electron chi connectivity index (χ0n) is 11.5. The van der Waals surface area contributed by atoms with E-state index < -0.39 is 11.9 Å². The second kappa shape index (κ2) is 8.01. The van der Waals surface area contributed by atoms with Crippen molar-refractivity contribution in [2.45, 2.75) is 6.61 Å². The first kappa shape index (κ1) is 15.8. The number of hydrogen-bond acceptors (Lipinski definition) is 3. The van der Waals surface area contributed by atoms with Crippen molar-refractivity contribution in [3.8, 4) is 11.8 Å². The maximum atomic E-state index is 13.0. The third-order valence-electron chi connectivity index (χ3n) is 2.56. The van der Waals surface area contributed by atoms with Crippen molar-refractivity contribution in [2.75, 3.05) is 6.54 Å². The third-order valence-corrected chi connectivity index (χ3v) is 2.86. The molecule has 1 aromatic carbocycles. The summed E-state index contributed by atoms with van der Waals surface area (Å²) in [6.07, 6.45) is 0.425. The van der Waals surface area contributed by atoms with E-state index in [9.17, 15) is 9.18 Å². The van der Waals surface area contributed by atoms with Crippen LogP contribution in [0.15, 0.2) is 42.6 Å². The second-order valence-electron chi connectivity index (χ2n) is 4.21. The number of halogens is 2. The van der Waals surface area contributed by atoms with Gasteiger partial charge in [-0.05, 0) is 11.6 Å². The molecule has 0 bridgehead atoms. The molecule has 4 nitrogen and oxygen atoms in total. The number of carbonyl (C=O) groups is 1. The predicted molar refractivity (Wildman–Crippen MR) is 80.7 cm³/mol. The first-order valence-corrected chi connectivity index (χ1v) is 6.77. The number of aromatic nitrogens is 1. The molecule has 0 aliphatic rings. The fourth-order valence-electron chi connectivity index (χ4n) is 1.54. The minimum Gasteiger partial charge on any atom is -0.445 e. The van der Waals surface area contributed by atoms with Crippen molar-refractivity contribution in [1.82, 2.24) is 10.3 Å². The Morgan fingerprint density at radius 3 is 2.91 bits per heavy atom. The Morgan fingerprint density at radius 1 is 1.36 bits per heavy atom. The Kier molecular flexibility index (Phi) is 5.75. The van der Waals surface area contributed by atoms with Crippen LogP contribution in [0, 0.1) is 17.7 Å². The minimum atomic E-state index is -0.582. The molecule has 2 aromatic rings. The molecule has 0 radical (unpaired) electrons. The van der Waals surface area contributed by atoms with Crippen molar-refractivity contribution < 1.29 is 13.9 Å². The van der Waals surface area contributed by atoms with E-state index >= 15 is 0 Å². The first-order chi connectivity index (χ1) is 10.6. The Hall–Kier alpha value is -2.58. The highest BCUT2D eigenvalue weighted by molar-refractivity contribution is 6.30. The van der Waals surface area contributed by atoms with E-state index in [-0.39, 0.29) is 23.9 Å². The molecule has 6 heteroatoms. The summed E-state index contributed by atoms with van der Waals surface area (Å²) >= 11 is 5.76. The molecule has 0 aliphatic carbocycles. The van der Waals surface area contributed by atoms with Crippen LogP contribution in [0.2, 0.25) is 5.15 Å². The van der Waals surface area contributed by atoms with Crippen molar-refractivity contribution in [1.29, 1.82) is 0 Å². The zero-order chi connectivity index (χ0) is 15.8. The van der Waals surface area contributed by atoms with Crippen LogP contribution in [0.5, 0.6) is 0 Å². The van der Waals surface area contributed by atoms with Gasteiger partial charge < -0.3 is 10.1 Å². The van der Waals surface area contributed by atoms with Crippen molar-refractivity contribution in [3.63, 3.8) is 0 Å². The molecule has 0 atom stereocenters. The summed E-state index contributed by atoms with van der Waals surface area (Å²) in [5, 5.41) is 2.58. The molecule has 0 unspecified atom stereocenters. The quantitative estimate of drug-likeness (QED) is 0.698. The van der Waals surface area contributed by atoms with Crippen LogP contribution in [0.4, 0.5) is 9.18 Å².